The molecule has 1 aliphatic rings. The highest BCUT2D eigenvalue weighted by atomic mass is 16.5. The zero-order valence-electron chi connectivity index (χ0n) is 21.8. The summed E-state index contributed by atoms with van der Waals surface area (Å²) >= 11 is 0. The van der Waals surface area contributed by atoms with Crippen molar-refractivity contribution in [3.63, 3.8) is 0 Å². The van der Waals surface area contributed by atoms with Gasteiger partial charge in [-0.2, -0.15) is 15.0 Å². The molecule has 10 nitrogen and oxygen atoms in total. The number of methoxy groups -OCH3 is 1. The summed E-state index contributed by atoms with van der Waals surface area (Å²) in [5, 5.41) is 12.8. The molecule has 5 rings (SSSR count). The number of para-hydroxylation sites is 2. The highest BCUT2D eigenvalue weighted by molar-refractivity contribution is 6.05. The zero-order valence-corrected chi connectivity index (χ0v) is 21.8. The average Bonchev–Trinajstić information content (AvgIpc) is 3.78. The van der Waals surface area contributed by atoms with Gasteiger partial charge in [-0.15, -0.1) is 0 Å². The van der Waals surface area contributed by atoms with Crippen molar-refractivity contribution in [2.24, 2.45) is 0 Å². The molecule has 200 valence electrons. The van der Waals surface area contributed by atoms with Crippen LogP contribution >= 0.6 is 0 Å². The van der Waals surface area contributed by atoms with Crippen LogP contribution in [0.15, 0.2) is 72.8 Å². The van der Waals surface area contributed by atoms with E-state index in [0.29, 0.717) is 53.9 Å². The maximum absolute atomic E-state index is 12.6. The quantitative estimate of drug-likeness (QED) is 0.169. The number of nitrogen functional groups attached to an aromatic ring is 1. The summed E-state index contributed by atoms with van der Waals surface area (Å²) < 4.78 is 5.22. The minimum absolute atomic E-state index is 0.217. The zero-order chi connectivity index (χ0) is 27.0. The summed E-state index contributed by atoms with van der Waals surface area (Å²) in [6, 6.07) is 23.0. The first-order chi connectivity index (χ1) is 19.1. The van der Waals surface area contributed by atoms with E-state index in [9.17, 15) is 4.79 Å². The Bertz CT molecular complexity index is 1410. The highest BCUT2D eigenvalue weighted by Crippen LogP contribution is 2.24. The lowest BCUT2D eigenvalue weighted by Gasteiger charge is -2.12. The van der Waals surface area contributed by atoms with Crippen molar-refractivity contribution in [1.82, 2.24) is 15.0 Å². The number of hydrogen-bond acceptors (Lipinski definition) is 9. The van der Waals surface area contributed by atoms with Crippen molar-refractivity contribution < 1.29 is 9.53 Å². The van der Waals surface area contributed by atoms with Crippen molar-refractivity contribution in [2.45, 2.75) is 31.8 Å². The SMILES string of the molecule is COc1ccc(CCNc2nc(NCc3ccc(C(=O)Nc4ccccc4N)cc3)nc(NC3CC3)n2)cc1. The number of aromatic nitrogens is 3. The molecule has 10 heteroatoms. The molecule has 0 aliphatic heterocycles. The van der Waals surface area contributed by atoms with Gasteiger partial charge in [-0.1, -0.05) is 36.4 Å². The molecule has 1 fully saturated rings. The first kappa shape index (κ1) is 25.8. The number of rotatable bonds is 12. The minimum atomic E-state index is -0.217. The Balaban J connectivity index is 1.18. The van der Waals surface area contributed by atoms with Gasteiger partial charge >= 0.3 is 0 Å². The smallest absolute Gasteiger partial charge is 0.255 e. The first-order valence-corrected chi connectivity index (χ1v) is 12.9. The second-order valence-corrected chi connectivity index (χ2v) is 9.34. The fourth-order valence-corrected chi connectivity index (χ4v) is 3.88. The molecule has 0 spiro atoms. The molecule has 39 heavy (non-hydrogen) atoms. The number of nitrogens with one attached hydrogen (secondary N) is 4. The fourth-order valence-electron chi connectivity index (χ4n) is 3.88. The Morgan fingerprint density at radius 3 is 2.23 bits per heavy atom. The van der Waals surface area contributed by atoms with Crippen LogP contribution in [0.1, 0.15) is 34.3 Å². The number of amides is 1. The summed E-state index contributed by atoms with van der Waals surface area (Å²) in [5.41, 5.74) is 9.76. The van der Waals surface area contributed by atoms with Crippen molar-refractivity contribution in [3.05, 3.63) is 89.5 Å². The average molecular weight is 525 g/mol. The van der Waals surface area contributed by atoms with Crippen LogP contribution in [0.25, 0.3) is 0 Å². The molecule has 6 N–H and O–H groups in total. The number of benzene rings is 3. The van der Waals surface area contributed by atoms with E-state index >= 15 is 0 Å². The van der Waals surface area contributed by atoms with Crippen molar-refractivity contribution in [1.29, 1.82) is 0 Å². The van der Waals surface area contributed by atoms with Crippen molar-refractivity contribution in [3.8, 4) is 5.75 Å². The second kappa shape index (κ2) is 12.1. The van der Waals surface area contributed by atoms with E-state index in [1.807, 2.05) is 48.5 Å². The molecule has 0 bridgehead atoms. The Kier molecular flexibility index (Phi) is 8.01. The third kappa shape index (κ3) is 7.35. The van der Waals surface area contributed by atoms with Gasteiger partial charge < -0.3 is 31.7 Å². The Morgan fingerprint density at radius 1 is 0.872 bits per heavy atom. The van der Waals surface area contributed by atoms with Crippen LogP contribution in [0.2, 0.25) is 0 Å². The molecule has 1 heterocycles. The molecule has 4 aromatic rings. The van der Waals surface area contributed by atoms with Crippen LogP contribution in [0.4, 0.5) is 29.2 Å². The Morgan fingerprint density at radius 2 is 1.54 bits per heavy atom. The van der Waals surface area contributed by atoms with E-state index < -0.39 is 0 Å². The molecule has 0 atom stereocenters. The van der Waals surface area contributed by atoms with Gasteiger partial charge in [0.2, 0.25) is 17.8 Å². The van der Waals surface area contributed by atoms with Gasteiger partial charge in [0.05, 0.1) is 18.5 Å². The van der Waals surface area contributed by atoms with Crippen LogP contribution in [0.5, 0.6) is 5.75 Å². The maximum Gasteiger partial charge on any atom is 0.255 e. The molecule has 3 aromatic carbocycles. The van der Waals surface area contributed by atoms with E-state index in [2.05, 4.69) is 36.2 Å². The molecule has 0 saturated heterocycles. The van der Waals surface area contributed by atoms with Crippen molar-refractivity contribution >= 4 is 35.1 Å². The predicted molar refractivity (Wildman–Crippen MR) is 154 cm³/mol. The standard InChI is InChI=1S/C29H32N8O2/c1-39-23-14-8-19(9-15-23)16-17-31-27-35-28(37-29(36-27)33-22-12-13-22)32-18-20-6-10-21(11-7-20)26(38)34-25-5-3-2-4-24(25)30/h2-11,14-15,22H,12-13,16-18,30H2,1H3,(H,34,38)(H3,31,32,33,35,36,37). The molecule has 1 amide bonds. The number of nitrogens with two attached hydrogens (primary N) is 1. The van der Waals surface area contributed by atoms with Gasteiger partial charge in [0.25, 0.3) is 5.91 Å². The van der Waals surface area contributed by atoms with Crippen LogP contribution in [-0.2, 0) is 13.0 Å². The minimum Gasteiger partial charge on any atom is -0.497 e. The van der Waals surface area contributed by atoms with Gasteiger partial charge in [-0.05, 0) is 66.8 Å². The van der Waals surface area contributed by atoms with E-state index in [1.165, 1.54) is 5.56 Å². The summed E-state index contributed by atoms with van der Waals surface area (Å²) in [4.78, 5) is 26.2. The summed E-state index contributed by atoms with van der Waals surface area (Å²) in [7, 11) is 1.66. The number of hydrogen-bond donors (Lipinski definition) is 5. The number of nitrogens with zero attached hydrogens (tertiary/aromatic N) is 3. The van der Waals surface area contributed by atoms with Crippen LogP contribution in [0, 0.1) is 0 Å². The van der Waals surface area contributed by atoms with E-state index in [1.54, 1.807) is 31.4 Å². The Labute approximate surface area is 227 Å². The topological polar surface area (TPSA) is 139 Å². The largest absolute Gasteiger partial charge is 0.497 e. The van der Waals surface area contributed by atoms with E-state index in [4.69, 9.17) is 10.5 Å². The van der Waals surface area contributed by atoms with Gasteiger partial charge in [-0.25, -0.2) is 0 Å². The number of ether oxygens (including phenoxy) is 1. The molecule has 0 radical (unpaired) electrons. The first-order valence-electron chi connectivity index (χ1n) is 12.9. The van der Waals surface area contributed by atoms with Crippen LogP contribution in [0.3, 0.4) is 0 Å². The summed E-state index contributed by atoms with van der Waals surface area (Å²) in [6.45, 7) is 1.17. The lowest BCUT2D eigenvalue weighted by atomic mass is 10.1. The second-order valence-electron chi connectivity index (χ2n) is 9.34. The van der Waals surface area contributed by atoms with Crippen LogP contribution in [-0.4, -0.2) is 40.6 Å². The Hall–Kier alpha value is -4.86. The number of anilines is 5. The van der Waals surface area contributed by atoms with Gasteiger partial charge in [0.1, 0.15) is 5.75 Å². The molecule has 0 unspecified atom stereocenters. The third-order valence-corrected chi connectivity index (χ3v) is 6.28. The highest BCUT2D eigenvalue weighted by Gasteiger charge is 2.22. The van der Waals surface area contributed by atoms with E-state index in [-0.39, 0.29) is 5.91 Å². The predicted octanol–water partition coefficient (Wildman–Crippen LogP) is 4.56. The number of carbonyl (C=O) groups is 1. The maximum atomic E-state index is 12.6. The molecule has 1 aliphatic carbocycles. The van der Waals surface area contributed by atoms with Gasteiger partial charge in [-0.3, -0.25) is 4.79 Å². The molecule has 1 aromatic heterocycles. The molecule has 1 saturated carbocycles. The van der Waals surface area contributed by atoms with E-state index in [0.717, 1.165) is 30.6 Å². The normalized spacial score (nSPS) is 12.4. The monoisotopic (exact) mass is 524 g/mol. The van der Waals surface area contributed by atoms with Gasteiger partial charge in [0, 0.05) is 24.7 Å². The fraction of sp³-hybridized carbons (Fsp3) is 0.241. The van der Waals surface area contributed by atoms with Gasteiger partial charge in [0.15, 0.2) is 0 Å². The summed E-state index contributed by atoms with van der Waals surface area (Å²) in [5.74, 6) is 2.16. The van der Waals surface area contributed by atoms with Crippen LogP contribution < -0.4 is 31.7 Å². The van der Waals surface area contributed by atoms with Crippen molar-refractivity contribution in [2.75, 3.05) is 40.7 Å². The molecular formula is C29H32N8O2. The molecular weight excluding hydrogens is 492 g/mol. The lowest BCUT2D eigenvalue weighted by Crippen LogP contribution is -2.15. The summed E-state index contributed by atoms with van der Waals surface area (Å²) in [6.07, 6.45) is 3.05. The number of carbonyl (C=O) groups excluding carboxylic acids is 1. The lowest BCUT2D eigenvalue weighted by molar-refractivity contribution is 0.102. The third-order valence-electron chi connectivity index (χ3n) is 6.28.